The van der Waals surface area contributed by atoms with Gasteiger partial charge in [-0.25, -0.2) is 14.4 Å². The van der Waals surface area contributed by atoms with Gasteiger partial charge in [-0.15, -0.1) is 0 Å². The van der Waals surface area contributed by atoms with Crippen molar-refractivity contribution >= 4 is 22.5 Å². The Kier molecular flexibility index (Phi) is 4.29. The van der Waals surface area contributed by atoms with Gasteiger partial charge < -0.3 is 10.4 Å². The summed E-state index contributed by atoms with van der Waals surface area (Å²) in [6, 6.07) is 13.3. The van der Waals surface area contributed by atoms with Crippen molar-refractivity contribution in [1.82, 2.24) is 20.2 Å². The fraction of sp³-hybridized carbons (Fsp3) is 0.150. The number of halogens is 1. The summed E-state index contributed by atoms with van der Waals surface area (Å²) in [6.45, 7) is 3.88. The molecular weight excluding hydrogens is 345 g/mol. The molecule has 0 saturated heterocycles. The highest BCUT2D eigenvalue weighted by atomic mass is 19.1. The van der Waals surface area contributed by atoms with Gasteiger partial charge in [0.2, 0.25) is 0 Å². The maximum absolute atomic E-state index is 13.2. The zero-order valence-electron chi connectivity index (χ0n) is 14.9. The molecule has 0 amide bonds. The standard InChI is InChI=1S/C20H18FN5O/c1-11-3-8-15-16(9-11)22-20(18(27)13-4-6-14(21)7-5-13)24-19(15)23-17-10-12(2)25-26-17/h3-10,18,27H,1-2H3,(H2,22,23,24,25,26)/t18-/m0/s1. The molecule has 0 bridgehead atoms. The number of aromatic nitrogens is 4. The Bertz CT molecular complexity index is 1110. The number of anilines is 2. The molecule has 136 valence electrons. The maximum atomic E-state index is 13.2. The summed E-state index contributed by atoms with van der Waals surface area (Å²) in [5, 5.41) is 21.8. The summed E-state index contributed by atoms with van der Waals surface area (Å²) in [4.78, 5) is 9.03. The number of hydrogen-bond acceptors (Lipinski definition) is 5. The van der Waals surface area contributed by atoms with Crippen molar-refractivity contribution in [3.8, 4) is 0 Å². The molecule has 27 heavy (non-hydrogen) atoms. The van der Waals surface area contributed by atoms with Gasteiger partial charge in [0.15, 0.2) is 11.6 Å². The van der Waals surface area contributed by atoms with Crippen molar-refractivity contribution in [2.75, 3.05) is 5.32 Å². The predicted octanol–water partition coefficient (Wildman–Crippen LogP) is 3.93. The van der Waals surface area contributed by atoms with E-state index in [4.69, 9.17) is 0 Å². The van der Waals surface area contributed by atoms with Crippen LogP contribution >= 0.6 is 0 Å². The Morgan fingerprint density at radius 2 is 1.81 bits per heavy atom. The molecular formula is C20H18FN5O. The first-order chi connectivity index (χ1) is 13.0. The number of benzene rings is 2. The molecule has 6 nitrogen and oxygen atoms in total. The molecule has 7 heteroatoms. The Morgan fingerprint density at radius 3 is 2.52 bits per heavy atom. The number of aliphatic hydroxyl groups is 1. The highest BCUT2D eigenvalue weighted by molar-refractivity contribution is 5.91. The summed E-state index contributed by atoms with van der Waals surface area (Å²) in [7, 11) is 0. The number of nitrogens with zero attached hydrogens (tertiary/aromatic N) is 3. The molecule has 3 N–H and O–H groups in total. The van der Waals surface area contributed by atoms with E-state index in [-0.39, 0.29) is 11.6 Å². The molecule has 0 saturated carbocycles. The summed E-state index contributed by atoms with van der Waals surface area (Å²) in [5.74, 6) is 1.03. The molecule has 0 radical (unpaired) electrons. The number of aryl methyl sites for hydroxylation is 2. The van der Waals surface area contributed by atoms with Crippen LogP contribution in [0.1, 0.15) is 28.7 Å². The number of fused-ring (bicyclic) bond motifs is 1. The lowest BCUT2D eigenvalue weighted by Crippen LogP contribution is -2.08. The molecule has 1 atom stereocenters. The maximum Gasteiger partial charge on any atom is 0.164 e. The minimum absolute atomic E-state index is 0.231. The van der Waals surface area contributed by atoms with Crippen molar-refractivity contribution in [2.24, 2.45) is 0 Å². The van der Waals surface area contributed by atoms with E-state index < -0.39 is 6.10 Å². The number of hydrogen-bond donors (Lipinski definition) is 3. The van der Waals surface area contributed by atoms with Crippen molar-refractivity contribution in [3.05, 3.63) is 77.0 Å². The van der Waals surface area contributed by atoms with E-state index in [1.54, 1.807) is 0 Å². The van der Waals surface area contributed by atoms with Crippen LogP contribution in [-0.4, -0.2) is 25.3 Å². The van der Waals surface area contributed by atoms with Gasteiger partial charge in [0.1, 0.15) is 17.7 Å². The number of rotatable bonds is 4. The van der Waals surface area contributed by atoms with Crippen LogP contribution in [0.15, 0.2) is 48.5 Å². The van der Waals surface area contributed by atoms with Gasteiger partial charge in [0.05, 0.1) is 5.52 Å². The number of aromatic amines is 1. The van der Waals surface area contributed by atoms with Gasteiger partial charge in [0.25, 0.3) is 0 Å². The monoisotopic (exact) mass is 363 g/mol. The van der Waals surface area contributed by atoms with E-state index in [1.807, 2.05) is 38.1 Å². The zero-order valence-corrected chi connectivity index (χ0v) is 14.9. The number of H-pyrrole nitrogens is 1. The average Bonchev–Trinajstić information content (AvgIpc) is 3.06. The molecule has 2 aromatic heterocycles. The molecule has 0 aliphatic carbocycles. The molecule has 4 aromatic rings. The summed E-state index contributed by atoms with van der Waals surface area (Å²) in [5.41, 5.74) is 3.18. The van der Waals surface area contributed by atoms with Gasteiger partial charge >= 0.3 is 0 Å². The predicted molar refractivity (Wildman–Crippen MR) is 101 cm³/mol. The first-order valence-electron chi connectivity index (χ1n) is 8.50. The lowest BCUT2D eigenvalue weighted by Gasteiger charge is -2.14. The lowest BCUT2D eigenvalue weighted by atomic mass is 10.1. The third-order valence-electron chi connectivity index (χ3n) is 4.25. The van der Waals surface area contributed by atoms with Gasteiger partial charge in [-0.05, 0) is 49.2 Å². The third-order valence-corrected chi connectivity index (χ3v) is 4.25. The van der Waals surface area contributed by atoms with Crippen LogP contribution in [0.3, 0.4) is 0 Å². The van der Waals surface area contributed by atoms with Crippen molar-refractivity contribution < 1.29 is 9.50 Å². The second-order valence-electron chi connectivity index (χ2n) is 6.47. The molecule has 0 aliphatic heterocycles. The average molecular weight is 363 g/mol. The van der Waals surface area contributed by atoms with Crippen LogP contribution in [0.5, 0.6) is 0 Å². The highest BCUT2D eigenvalue weighted by Crippen LogP contribution is 2.28. The zero-order chi connectivity index (χ0) is 19.0. The quantitative estimate of drug-likeness (QED) is 0.511. The van der Waals surface area contributed by atoms with Gasteiger partial charge in [-0.2, -0.15) is 5.10 Å². The Morgan fingerprint density at radius 1 is 1.04 bits per heavy atom. The normalized spacial score (nSPS) is 12.3. The summed E-state index contributed by atoms with van der Waals surface area (Å²) >= 11 is 0. The van der Waals surface area contributed by atoms with Crippen LogP contribution in [0.2, 0.25) is 0 Å². The van der Waals surface area contributed by atoms with Crippen LogP contribution in [0.4, 0.5) is 16.0 Å². The first-order valence-corrected chi connectivity index (χ1v) is 8.50. The van der Waals surface area contributed by atoms with E-state index in [2.05, 4.69) is 25.5 Å². The molecule has 4 rings (SSSR count). The topological polar surface area (TPSA) is 86.7 Å². The molecule has 0 fully saturated rings. The summed E-state index contributed by atoms with van der Waals surface area (Å²) < 4.78 is 13.2. The summed E-state index contributed by atoms with van der Waals surface area (Å²) in [6.07, 6.45) is -1.07. The van der Waals surface area contributed by atoms with Crippen LogP contribution in [0, 0.1) is 19.7 Å². The second-order valence-corrected chi connectivity index (χ2v) is 6.47. The first kappa shape index (κ1) is 17.1. The fourth-order valence-electron chi connectivity index (χ4n) is 2.87. The fourth-order valence-corrected chi connectivity index (χ4v) is 2.87. The molecule has 0 aliphatic rings. The molecule has 0 unspecified atom stereocenters. The van der Waals surface area contributed by atoms with Gasteiger partial charge in [-0.1, -0.05) is 18.2 Å². The third kappa shape index (κ3) is 3.50. The van der Waals surface area contributed by atoms with Crippen LogP contribution in [0.25, 0.3) is 10.9 Å². The van der Waals surface area contributed by atoms with Crippen LogP contribution < -0.4 is 5.32 Å². The van der Waals surface area contributed by atoms with E-state index in [1.165, 1.54) is 24.3 Å². The van der Waals surface area contributed by atoms with E-state index >= 15 is 0 Å². The van der Waals surface area contributed by atoms with E-state index in [0.717, 1.165) is 16.6 Å². The molecule has 2 aromatic carbocycles. The largest absolute Gasteiger partial charge is 0.380 e. The Hall–Kier alpha value is -3.32. The second kappa shape index (κ2) is 6.77. The van der Waals surface area contributed by atoms with Crippen molar-refractivity contribution in [3.63, 3.8) is 0 Å². The number of aliphatic hydroxyl groups excluding tert-OH is 1. The SMILES string of the molecule is Cc1ccc2c(Nc3cc(C)[nH]n3)nc([C@@H](O)c3ccc(F)cc3)nc2c1. The smallest absolute Gasteiger partial charge is 0.164 e. The highest BCUT2D eigenvalue weighted by Gasteiger charge is 2.17. The van der Waals surface area contributed by atoms with E-state index in [9.17, 15) is 9.50 Å². The van der Waals surface area contributed by atoms with Crippen molar-refractivity contribution in [1.29, 1.82) is 0 Å². The van der Waals surface area contributed by atoms with E-state index in [0.29, 0.717) is 22.7 Å². The Labute approximate surface area is 155 Å². The van der Waals surface area contributed by atoms with Crippen molar-refractivity contribution in [2.45, 2.75) is 20.0 Å². The van der Waals surface area contributed by atoms with Gasteiger partial charge in [0, 0.05) is 17.1 Å². The number of nitrogens with one attached hydrogen (secondary N) is 2. The van der Waals surface area contributed by atoms with Crippen LogP contribution in [-0.2, 0) is 0 Å². The minimum atomic E-state index is -1.07. The Balaban J connectivity index is 1.81. The molecule has 0 spiro atoms. The molecule has 2 heterocycles. The van der Waals surface area contributed by atoms with Gasteiger partial charge in [-0.3, -0.25) is 5.10 Å². The minimum Gasteiger partial charge on any atom is -0.380 e. The lowest BCUT2D eigenvalue weighted by molar-refractivity contribution is 0.210.